The molecule has 1 aromatic heterocycles. The number of likely N-dealkylation sites (N-methyl/N-ethyl adjacent to an activating group) is 1. The number of carbonyl (C=O) groups is 1. The Hall–Kier alpha value is -1.62. The third kappa shape index (κ3) is 2.93. The standard InChI is InChI=1S/C15H22N2O3/c1-9(2)12-7-11(15(18)19)8-14(16-12)17(4)13-5-6-20-10(13)3/h7-10,13H,5-6H2,1-4H3,(H,18,19). The first kappa shape index (κ1) is 14.8. The van der Waals surface area contributed by atoms with Gasteiger partial charge in [0, 0.05) is 19.3 Å². The number of hydrogen-bond acceptors (Lipinski definition) is 4. The number of aromatic nitrogens is 1. The minimum absolute atomic E-state index is 0.137. The van der Waals surface area contributed by atoms with E-state index in [4.69, 9.17) is 4.74 Å². The van der Waals surface area contributed by atoms with E-state index < -0.39 is 5.97 Å². The number of pyridine rings is 1. The molecule has 0 spiro atoms. The molecule has 2 atom stereocenters. The van der Waals surface area contributed by atoms with Crippen molar-refractivity contribution in [2.75, 3.05) is 18.6 Å². The fourth-order valence-corrected chi connectivity index (χ4v) is 2.54. The number of anilines is 1. The summed E-state index contributed by atoms with van der Waals surface area (Å²) in [5.74, 6) is -0.0191. The van der Waals surface area contributed by atoms with E-state index in [2.05, 4.69) is 4.98 Å². The SMILES string of the molecule is CC(C)c1cc(C(=O)O)cc(N(C)C2CCOC2C)n1. The summed E-state index contributed by atoms with van der Waals surface area (Å²) in [4.78, 5) is 17.9. The highest BCUT2D eigenvalue weighted by molar-refractivity contribution is 5.88. The molecule has 0 aromatic carbocycles. The summed E-state index contributed by atoms with van der Waals surface area (Å²) in [6.45, 7) is 6.81. The predicted octanol–water partition coefficient (Wildman–Crippen LogP) is 2.52. The van der Waals surface area contributed by atoms with E-state index in [1.165, 1.54) is 0 Å². The van der Waals surface area contributed by atoms with Crippen LogP contribution in [-0.4, -0.2) is 41.9 Å². The highest BCUT2D eigenvalue weighted by Gasteiger charge is 2.29. The van der Waals surface area contributed by atoms with Crippen molar-refractivity contribution in [1.29, 1.82) is 0 Å². The zero-order valence-electron chi connectivity index (χ0n) is 12.5. The molecule has 0 radical (unpaired) electrons. The number of nitrogens with zero attached hydrogens (tertiary/aromatic N) is 2. The summed E-state index contributed by atoms with van der Waals surface area (Å²) in [7, 11) is 1.95. The van der Waals surface area contributed by atoms with Crippen LogP contribution in [0.4, 0.5) is 5.82 Å². The van der Waals surface area contributed by atoms with Crippen molar-refractivity contribution in [3.63, 3.8) is 0 Å². The second-order valence-corrected chi connectivity index (χ2v) is 5.64. The molecule has 1 aliphatic heterocycles. The Morgan fingerprint density at radius 1 is 1.50 bits per heavy atom. The molecule has 2 unspecified atom stereocenters. The van der Waals surface area contributed by atoms with Crippen LogP contribution in [0.15, 0.2) is 12.1 Å². The number of carboxylic acid groups (broad SMARTS) is 1. The maximum absolute atomic E-state index is 11.3. The van der Waals surface area contributed by atoms with Crippen LogP contribution in [0, 0.1) is 0 Å². The first-order valence-electron chi connectivity index (χ1n) is 7.00. The summed E-state index contributed by atoms with van der Waals surface area (Å²) < 4.78 is 5.58. The van der Waals surface area contributed by atoms with Gasteiger partial charge in [0.05, 0.1) is 17.7 Å². The van der Waals surface area contributed by atoms with Gasteiger partial charge in [-0.25, -0.2) is 9.78 Å². The molecule has 1 N–H and O–H groups in total. The van der Waals surface area contributed by atoms with Gasteiger partial charge in [0.15, 0.2) is 0 Å². The van der Waals surface area contributed by atoms with E-state index in [1.807, 2.05) is 32.7 Å². The monoisotopic (exact) mass is 278 g/mol. The fourth-order valence-electron chi connectivity index (χ4n) is 2.54. The van der Waals surface area contributed by atoms with Crippen LogP contribution < -0.4 is 4.90 Å². The molecular formula is C15H22N2O3. The maximum atomic E-state index is 11.3. The lowest BCUT2D eigenvalue weighted by molar-refractivity contribution is 0.0696. The van der Waals surface area contributed by atoms with Crippen LogP contribution in [0.25, 0.3) is 0 Å². The minimum atomic E-state index is -0.917. The zero-order chi connectivity index (χ0) is 14.9. The Morgan fingerprint density at radius 2 is 2.20 bits per heavy atom. The van der Waals surface area contributed by atoms with Gasteiger partial charge in [-0.2, -0.15) is 0 Å². The van der Waals surface area contributed by atoms with Crippen molar-refractivity contribution in [1.82, 2.24) is 4.98 Å². The molecule has 1 saturated heterocycles. The molecule has 1 aromatic rings. The first-order chi connectivity index (χ1) is 9.40. The molecule has 0 amide bonds. The molecule has 110 valence electrons. The van der Waals surface area contributed by atoms with Crippen LogP contribution in [0.5, 0.6) is 0 Å². The molecule has 5 nitrogen and oxygen atoms in total. The second kappa shape index (κ2) is 5.79. The van der Waals surface area contributed by atoms with Crippen LogP contribution in [0.2, 0.25) is 0 Å². The van der Waals surface area contributed by atoms with Crippen molar-refractivity contribution >= 4 is 11.8 Å². The van der Waals surface area contributed by atoms with Gasteiger partial charge in [-0.3, -0.25) is 0 Å². The van der Waals surface area contributed by atoms with E-state index in [1.54, 1.807) is 12.1 Å². The largest absolute Gasteiger partial charge is 0.478 e. The average Bonchev–Trinajstić information content (AvgIpc) is 2.83. The number of aromatic carboxylic acids is 1. The molecule has 0 bridgehead atoms. The van der Waals surface area contributed by atoms with E-state index >= 15 is 0 Å². The van der Waals surface area contributed by atoms with Crippen molar-refractivity contribution in [3.8, 4) is 0 Å². The lowest BCUT2D eigenvalue weighted by Crippen LogP contribution is -2.37. The van der Waals surface area contributed by atoms with Crippen LogP contribution in [0.3, 0.4) is 0 Å². The number of hydrogen-bond donors (Lipinski definition) is 1. The Morgan fingerprint density at radius 3 is 2.70 bits per heavy atom. The Labute approximate surface area is 119 Å². The van der Waals surface area contributed by atoms with Crippen LogP contribution in [-0.2, 0) is 4.74 Å². The van der Waals surface area contributed by atoms with Gasteiger partial charge in [-0.1, -0.05) is 13.8 Å². The van der Waals surface area contributed by atoms with Crippen LogP contribution >= 0.6 is 0 Å². The van der Waals surface area contributed by atoms with Crippen LogP contribution in [0.1, 0.15) is 49.2 Å². The molecule has 1 fully saturated rings. The summed E-state index contributed by atoms with van der Waals surface area (Å²) in [6.07, 6.45) is 1.07. The predicted molar refractivity (Wildman–Crippen MR) is 77.5 cm³/mol. The maximum Gasteiger partial charge on any atom is 0.335 e. The number of carboxylic acids is 1. The normalized spacial score (nSPS) is 22.2. The lowest BCUT2D eigenvalue weighted by Gasteiger charge is -2.28. The summed E-state index contributed by atoms with van der Waals surface area (Å²) in [6, 6.07) is 3.53. The minimum Gasteiger partial charge on any atom is -0.478 e. The molecule has 2 rings (SSSR count). The van der Waals surface area contributed by atoms with Gasteiger partial charge in [-0.15, -0.1) is 0 Å². The molecular weight excluding hydrogens is 256 g/mol. The Bertz CT molecular complexity index is 502. The summed E-state index contributed by atoms with van der Waals surface area (Å²) in [5, 5.41) is 9.24. The van der Waals surface area contributed by atoms with E-state index in [-0.39, 0.29) is 23.6 Å². The van der Waals surface area contributed by atoms with Crippen molar-refractivity contribution in [2.45, 2.75) is 45.3 Å². The Balaban J connectivity index is 2.36. The van der Waals surface area contributed by atoms with Crippen molar-refractivity contribution in [3.05, 3.63) is 23.4 Å². The smallest absolute Gasteiger partial charge is 0.335 e. The van der Waals surface area contributed by atoms with E-state index in [0.29, 0.717) is 5.82 Å². The number of rotatable bonds is 4. The average molecular weight is 278 g/mol. The quantitative estimate of drug-likeness (QED) is 0.917. The zero-order valence-corrected chi connectivity index (χ0v) is 12.5. The van der Waals surface area contributed by atoms with E-state index in [0.717, 1.165) is 18.7 Å². The van der Waals surface area contributed by atoms with Gasteiger partial charge < -0.3 is 14.7 Å². The topological polar surface area (TPSA) is 62.7 Å². The molecule has 0 saturated carbocycles. The van der Waals surface area contributed by atoms with Gasteiger partial charge in [0.1, 0.15) is 5.82 Å². The third-order valence-corrected chi connectivity index (χ3v) is 3.87. The highest BCUT2D eigenvalue weighted by Crippen LogP contribution is 2.25. The lowest BCUT2D eigenvalue weighted by atomic mass is 10.1. The Kier molecular flexibility index (Phi) is 4.28. The van der Waals surface area contributed by atoms with Crippen molar-refractivity contribution in [2.24, 2.45) is 0 Å². The van der Waals surface area contributed by atoms with Crippen molar-refractivity contribution < 1.29 is 14.6 Å². The van der Waals surface area contributed by atoms with Gasteiger partial charge in [0.2, 0.25) is 0 Å². The second-order valence-electron chi connectivity index (χ2n) is 5.64. The molecule has 5 heteroatoms. The third-order valence-electron chi connectivity index (χ3n) is 3.87. The molecule has 0 aliphatic carbocycles. The molecule has 2 heterocycles. The number of ether oxygens (including phenoxy) is 1. The highest BCUT2D eigenvalue weighted by atomic mass is 16.5. The summed E-state index contributed by atoms with van der Waals surface area (Å²) in [5.41, 5.74) is 1.09. The first-order valence-corrected chi connectivity index (χ1v) is 7.00. The van der Waals surface area contributed by atoms with E-state index in [9.17, 15) is 9.90 Å². The van der Waals surface area contributed by atoms with Gasteiger partial charge in [0.25, 0.3) is 0 Å². The summed E-state index contributed by atoms with van der Waals surface area (Å²) >= 11 is 0. The molecule has 1 aliphatic rings. The fraction of sp³-hybridized carbons (Fsp3) is 0.600. The molecule has 20 heavy (non-hydrogen) atoms. The van der Waals surface area contributed by atoms with Gasteiger partial charge >= 0.3 is 5.97 Å². The van der Waals surface area contributed by atoms with Gasteiger partial charge in [-0.05, 0) is 31.4 Å².